The number of hydrogen-bond donors (Lipinski definition) is 0. The molecule has 2 aromatic rings. The van der Waals surface area contributed by atoms with Crippen LogP contribution in [0.3, 0.4) is 0 Å². The van der Waals surface area contributed by atoms with E-state index in [1.165, 1.54) is 106 Å². The zero-order valence-corrected chi connectivity index (χ0v) is 23.9. The number of hydrogen-bond acceptors (Lipinski definition) is 2. The normalized spacial score (nSPS) is 13.1. The summed E-state index contributed by atoms with van der Waals surface area (Å²) in [5, 5.41) is 0. The first-order valence-corrected chi connectivity index (χ1v) is 14.9. The number of fused-ring (bicyclic) bond motifs is 1. The molecular formula is C33H48F2NO2+. The number of ether oxygens (including phenoxy) is 2. The van der Waals surface area contributed by atoms with Crippen molar-refractivity contribution in [2.45, 2.75) is 110 Å². The van der Waals surface area contributed by atoms with Gasteiger partial charge in [-0.05, 0) is 42.3 Å². The molecule has 0 saturated heterocycles. The maximum absolute atomic E-state index is 13.9. The van der Waals surface area contributed by atoms with Crippen molar-refractivity contribution in [3.63, 3.8) is 0 Å². The van der Waals surface area contributed by atoms with Crippen LogP contribution in [0.1, 0.15) is 114 Å². The lowest BCUT2D eigenvalue weighted by Crippen LogP contribution is -2.30. The molecule has 3 rings (SSSR count). The SMILES string of the molecule is CCCCCCCCCCCCCCCC1=[N+](Cc2ccc(F)c(F)c2)CCc2cc(OC)c(OC)cc21. The van der Waals surface area contributed by atoms with E-state index < -0.39 is 11.6 Å². The van der Waals surface area contributed by atoms with Crippen LogP contribution in [-0.4, -0.2) is 31.1 Å². The van der Waals surface area contributed by atoms with Gasteiger partial charge in [0.1, 0.15) is 6.54 Å². The van der Waals surface area contributed by atoms with Gasteiger partial charge in [0.05, 0.1) is 14.2 Å². The van der Waals surface area contributed by atoms with Crippen LogP contribution in [0.15, 0.2) is 30.3 Å². The predicted molar refractivity (Wildman–Crippen MR) is 153 cm³/mol. The number of methoxy groups -OCH3 is 2. The van der Waals surface area contributed by atoms with Crippen LogP contribution in [0.5, 0.6) is 11.5 Å². The van der Waals surface area contributed by atoms with Crippen molar-refractivity contribution in [3.05, 3.63) is 58.7 Å². The first kappa shape index (κ1) is 30.1. The highest BCUT2D eigenvalue weighted by Gasteiger charge is 2.28. The number of nitrogens with zero attached hydrogens (tertiary/aromatic N) is 1. The lowest BCUT2D eigenvalue weighted by Gasteiger charge is -2.21. The van der Waals surface area contributed by atoms with E-state index in [0.717, 1.165) is 42.9 Å². The Bertz CT molecular complexity index is 1030. The molecule has 0 saturated carbocycles. The predicted octanol–water partition coefficient (Wildman–Crippen LogP) is 9.02. The second-order valence-corrected chi connectivity index (χ2v) is 10.7. The third kappa shape index (κ3) is 9.10. The summed E-state index contributed by atoms with van der Waals surface area (Å²) in [5.41, 5.74) is 4.50. The second-order valence-electron chi connectivity index (χ2n) is 10.7. The first-order chi connectivity index (χ1) is 18.6. The topological polar surface area (TPSA) is 21.5 Å². The van der Waals surface area contributed by atoms with Gasteiger partial charge in [0.25, 0.3) is 0 Å². The van der Waals surface area contributed by atoms with Crippen LogP contribution in [0, 0.1) is 11.6 Å². The van der Waals surface area contributed by atoms with Crippen molar-refractivity contribution in [2.24, 2.45) is 0 Å². The molecule has 5 heteroatoms. The molecule has 0 spiro atoms. The van der Waals surface area contributed by atoms with Crippen LogP contribution in [0.25, 0.3) is 0 Å². The van der Waals surface area contributed by atoms with E-state index in [2.05, 4.69) is 23.6 Å². The highest BCUT2D eigenvalue weighted by Crippen LogP contribution is 2.33. The van der Waals surface area contributed by atoms with Crippen molar-refractivity contribution < 1.29 is 22.8 Å². The minimum absolute atomic E-state index is 0.568. The Kier molecular flexibility index (Phi) is 13.1. The molecule has 1 aliphatic rings. The van der Waals surface area contributed by atoms with E-state index in [0.29, 0.717) is 6.54 Å². The van der Waals surface area contributed by atoms with E-state index in [1.54, 1.807) is 20.3 Å². The molecule has 1 heterocycles. The first-order valence-electron chi connectivity index (χ1n) is 14.9. The maximum atomic E-state index is 13.9. The zero-order chi connectivity index (χ0) is 27.2. The van der Waals surface area contributed by atoms with Crippen LogP contribution in [-0.2, 0) is 13.0 Å². The van der Waals surface area contributed by atoms with Crippen LogP contribution in [0.4, 0.5) is 8.78 Å². The Morgan fingerprint density at radius 1 is 0.711 bits per heavy atom. The van der Waals surface area contributed by atoms with Crippen molar-refractivity contribution in [1.82, 2.24) is 0 Å². The van der Waals surface area contributed by atoms with Gasteiger partial charge >= 0.3 is 0 Å². The molecular weight excluding hydrogens is 480 g/mol. The number of unbranched alkanes of at least 4 members (excludes halogenated alkanes) is 12. The molecule has 0 fully saturated rings. The molecule has 0 unspecified atom stereocenters. The van der Waals surface area contributed by atoms with Crippen LogP contribution in [0.2, 0.25) is 0 Å². The third-order valence-electron chi connectivity index (χ3n) is 7.83. The molecule has 0 aromatic heterocycles. The molecule has 38 heavy (non-hydrogen) atoms. The number of benzene rings is 2. The molecule has 0 radical (unpaired) electrons. The molecule has 0 atom stereocenters. The summed E-state index contributed by atoms with van der Waals surface area (Å²) in [6, 6.07) is 8.41. The van der Waals surface area contributed by atoms with E-state index in [9.17, 15) is 8.78 Å². The van der Waals surface area contributed by atoms with Crippen LogP contribution >= 0.6 is 0 Å². The quantitative estimate of drug-likeness (QED) is 0.142. The smallest absolute Gasteiger partial charge is 0.184 e. The lowest BCUT2D eigenvalue weighted by atomic mass is 9.92. The van der Waals surface area contributed by atoms with Gasteiger partial charge < -0.3 is 9.47 Å². The number of rotatable bonds is 18. The van der Waals surface area contributed by atoms with E-state index in [4.69, 9.17) is 9.47 Å². The fourth-order valence-electron chi connectivity index (χ4n) is 5.59. The van der Waals surface area contributed by atoms with Crippen molar-refractivity contribution >= 4 is 5.71 Å². The highest BCUT2D eigenvalue weighted by atomic mass is 19.2. The van der Waals surface area contributed by atoms with Gasteiger partial charge in [0.15, 0.2) is 35.4 Å². The van der Waals surface area contributed by atoms with Gasteiger partial charge in [-0.3, -0.25) is 0 Å². The molecule has 0 N–H and O–H groups in total. The van der Waals surface area contributed by atoms with Gasteiger partial charge in [0.2, 0.25) is 0 Å². The Labute approximate surface area is 229 Å². The maximum Gasteiger partial charge on any atom is 0.184 e. The summed E-state index contributed by atoms with van der Waals surface area (Å²) >= 11 is 0. The summed E-state index contributed by atoms with van der Waals surface area (Å²) in [5.74, 6) is -0.112. The van der Waals surface area contributed by atoms with Gasteiger partial charge in [-0.1, -0.05) is 84.0 Å². The van der Waals surface area contributed by atoms with E-state index >= 15 is 0 Å². The molecule has 1 aliphatic heterocycles. The van der Waals surface area contributed by atoms with Crippen molar-refractivity contribution in [2.75, 3.05) is 20.8 Å². The Hall–Kier alpha value is -2.43. The fraction of sp³-hybridized carbons (Fsp3) is 0.606. The molecule has 0 amide bonds. The minimum Gasteiger partial charge on any atom is -0.493 e. The third-order valence-corrected chi connectivity index (χ3v) is 7.83. The zero-order valence-electron chi connectivity index (χ0n) is 23.9. The summed E-state index contributed by atoms with van der Waals surface area (Å²) in [6.45, 7) is 3.68. The average molecular weight is 529 g/mol. The second kappa shape index (κ2) is 16.5. The van der Waals surface area contributed by atoms with Gasteiger partial charge in [-0.15, -0.1) is 0 Å². The van der Waals surface area contributed by atoms with Crippen molar-refractivity contribution in [3.8, 4) is 11.5 Å². The van der Waals surface area contributed by atoms with Crippen molar-refractivity contribution in [1.29, 1.82) is 0 Å². The van der Waals surface area contributed by atoms with Gasteiger partial charge in [0, 0.05) is 24.0 Å². The van der Waals surface area contributed by atoms with Gasteiger partial charge in [-0.2, -0.15) is 0 Å². The molecule has 210 valence electrons. The monoisotopic (exact) mass is 528 g/mol. The molecule has 0 aliphatic carbocycles. The summed E-state index contributed by atoms with van der Waals surface area (Å²) in [7, 11) is 3.33. The Morgan fingerprint density at radius 3 is 1.87 bits per heavy atom. The van der Waals surface area contributed by atoms with E-state index in [1.807, 2.05) is 0 Å². The van der Waals surface area contributed by atoms with Gasteiger partial charge in [-0.25, -0.2) is 13.4 Å². The molecule has 0 bridgehead atoms. The summed E-state index contributed by atoms with van der Waals surface area (Å²) in [6.07, 6.45) is 19.1. The summed E-state index contributed by atoms with van der Waals surface area (Å²) in [4.78, 5) is 0. The average Bonchev–Trinajstić information content (AvgIpc) is 2.93. The number of halogens is 2. The van der Waals surface area contributed by atoms with E-state index in [-0.39, 0.29) is 0 Å². The highest BCUT2D eigenvalue weighted by molar-refractivity contribution is 5.99. The minimum atomic E-state index is -0.800. The molecule has 3 nitrogen and oxygen atoms in total. The Morgan fingerprint density at radius 2 is 1.29 bits per heavy atom. The standard InChI is InChI=1S/C33H48F2NO2/c1-4-5-6-7-8-9-10-11-12-13-14-15-16-17-31-28-24-33(38-3)32(37-2)23-27(28)20-21-36(31)25-26-18-19-29(34)30(35)22-26/h18-19,22-24H,4-17,20-21,25H2,1-3H3/q+1. The van der Waals surface area contributed by atoms with Crippen LogP contribution < -0.4 is 9.47 Å². The Balaban J connectivity index is 1.57. The lowest BCUT2D eigenvalue weighted by molar-refractivity contribution is -0.545. The summed E-state index contributed by atoms with van der Waals surface area (Å²) < 4.78 is 40.9. The largest absolute Gasteiger partial charge is 0.493 e. The fourth-order valence-corrected chi connectivity index (χ4v) is 5.59. The molecule has 2 aromatic carbocycles.